The molecule has 0 spiro atoms. The normalized spacial score (nSPS) is 16.8. The minimum Gasteiger partial charge on any atom is -0.497 e. The van der Waals surface area contributed by atoms with E-state index < -0.39 is 11.9 Å². The van der Waals surface area contributed by atoms with Crippen LogP contribution in [0.1, 0.15) is 12.8 Å². The zero-order valence-electron chi connectivity index (χ0n) is 13.5. The molecule has 25 heavy (non-hydrogen) atoms. The second-order valence-electron chi connectivity index (χ2n) is 5.63. The van der Waals surface area contributed by atoms with Gasteiger partial charge in [-0.25, -0.2) is 4.39 Å². The van der Waals surface area contributed by atoms with Crippen molar-refractivity contribution >= 4 is 34.8 Å². The van der Waals surface area contributed by atoms with Gasteiger partial charge in [0, 0.05) is 17.8 Å². The van der Waals surface area contributed by atoms with Crippen LogP contribution in [0.2, 0.25) is 5.02 Å². The van der Waals surface area contributed by atoms with Crippen LogP contribution in [0.5, 0.6) is 5.75 Å². The summed E-state index contributed by atoms with van der Waals surface area (Å²) in [6.07, 6.45) is 0.694. The predicted octanol–water partition coefficient (Wildman–Crippen LogP) is 3.62. The molecule has 1 atom stereocenters. The highest BCUT2D eigenvalue weighted by molar-refractivity contribution is 6.31. The van der Waals surface area contributed by atoms with Crippen LogP contribution in [-0.2, 0) is 9.59 Å². The lowest BCUT2D eigenvalue weighted by Crippen LogP contribution is -2.41. The standard InChI is InChI=1S/C18H16ClFN2O3/c1-25-13-5-3-12(4-6-13)22-16(8-9-17(22)23)18(24)21-11-2-7-15(20)14(19)10-11/h2-7,10,16H,8-9H2,1H3,(H,21,24). The van der Waals surface area contributed by atoms with Crippen LogP contribution in [0.3, 0.4) is 0 Å². The molecule has 1 N–H and O–H groups in total. The topological polar surface area (TPSA) is 58.6 Å². The number of ether oxygens (including phenoxy) is 1. The van der Waals surface area contributed by atoms with Crippen LogP contribution in [-0.4, -0.2) is 25.0 Å². The monoisotopic (exact) mass is 362 g/mol. The molecule has 130 valence electrons. The zero-order valence-corrected chi connectivity index (χ0v) is 14.2. The second-order valence-corrected chi connectivity index (χ2v) is 6.04. The van der Waals surface area contributed by atoms with Crippen LogP contribution >= 0.6 is 11.6 Å². The smallest absolute Gasteiger partial charge is 0.247 e. The summed E-state index contributed by atoms with van der Waals surface area (Å²) in [4.78, 5) is 26.3. The molecule has 5 nitrogen and oxygen atoms in total. The molecular weight excluding hydrogens is 347 g/mol. The molecule has 2 aromatic rings. The number of halogens is 2. The maximum absolute atomic E-state index is 13.2. The molecule has 7 heteroatoms. The highest BCUT2D eigenvalue weighted by atomic mass is 35.5. The first-order valence-electron chi connectivity index (χ1n) is 7.71. The molecule has 2 amide bonds. The van der Waals surface area contributed by atoms with Gasteiger partial charge in [0.25, 0.3) is 0 Å². The van der Waals surface area contributed by atoms with Crippen molar-refractivity contribution in [3.8, 4) is 5.75 Å². The molecule has 0 radical (unpaired) electrons. The van der Waals surface area contributed by atoms with E-state index >= 15 is 0 Å². The van der Waals surface area contributed by atoms with Gasteiger partial charge in [-0.1, -0.05) is 11.6 Å². The predicted molar refractivity (Wildman–Crippen MR) is 93.5 cm³/mol. The first kappa shape index (κ1) is 17.2. The number of amides is 2. The van der Waals surface area contributed by atoms with Gasteiger partial charge < -0.3 is 10.1 Å². The minimum absolute atomic E-state index is 0.0766. The van der Waals surface area contributed by atoms with Crippen molar-refractivity contribution in [1.29, 1.82) is 0 Å². The molecule has 1 fully saturated rings. The Morgan fingerprint density at radius 3 is 2.64 bits per heavy atom. The number of hydrogen-bond acceptors (Lipinski definition) is 3. The van der Waals surface area contributed by atoms with Gasteiger partial charge in [0.2, 0.25) is 11.8 Å². The van der Waals surface area contributed by atoms with E-state index in [1.54, 1.807) is 31.4 Å². The van der Waals surface area contributed by atoms with E-state index in [0.717, 1.165) is 0 Å². The fourth-order valence-corrected chi connectivity index (χ4v) is 2.98. The van der Waals surface area contributed by atoms with Crippen LogP contribution in [0.4, 0.5) is 15.8 Å². The molecule has 1 saturated heterocycles. The fraction of sp³-hybridized carbons (Fsp3) is 0.222. The Kier molecular flexibility index (Phi) is 4.90. The van der Waals surface area contributed by atoms with Crippen molar-refractivity contribution < 1.29 is 18.7 Å². The molecule has 0 aliphatic carbocycles. The number of benzene rings is 2. The lowest BCUT2D eigenvalue weighted by atomic mass is 10.2. The molecule has 0 aromatic heterocycles. The van der Waals surface area contributed by atoms with Gasteiger partial charge in [0.1, 0.15) is 17.6 Å². The van der Waals surface area contributed by atoms with Crippen LogP contribution in [0.25, 0.3) is 0 Å². The molecule has 2 aromatic carbocycles. The number of rotatable bonds is 4. The first-order chi connectivity index (χ1) is 12.0. The van der Waals surface area contributed by atoms with Gasteiger partial charge >= 0.3 is 0 Å². The Labute approximate surface area is 149 Å². The van der Waals surface area contributed by atoms with E-state index in [2.05, 4.69) is 5.32 Å². The van der Waals surface area contributed by atoms with Gasteiger partial charge in [-0.2, -0.15) is 0 Å². The SMILES string of the molecule is COc1ccc(N2C(=O)CCC2C(=O)Nc2ccc(F)c(Cl)c2)cc1. The van der Waals surface area contributed by atoms with Gasteiger partial charge in [-0.05, 0) is 48.9 Å². The van der Waals surface area contributed by atoms with Crippen molar-refractivity contribution in [3.63, 3.8) is 0 Å². The lowest BCUT2D eigenvalue weighted by molar-refractivity contribution is -0.120. The van der Waals surface area contributed by atoms with E-state index in [0.29, 0.717) is 23.5 Å². The van der Waals surface area contributed by atoms with Crippen molar-refractivity contribution in [2.45, 2.75) is 18.9 Å². The number of hydrogen-bond donors (Lipinski definition) is 1. The van der Waals surface area contributed by atoms with Crippen LogP contribution in [0, 0.1) is 5.82 Å². The van der Waals surface area contributed by atoms with Gasteiger partial charge in [0.05, 0.1) is 12.1 Å². The Hall–Kier alpha value is -2.60. The molecule has 3 rings (SSSR count). The summed E-state index contributed by atoms with van der Waals surface area (Å²) < 4.78 is 18.3. The number of methoxy groups -OCH3 is 1. The average Bonchev–Trinajstić information content (AvgIpc) is 3.00. The lowest BCUT2D eigenvalue weighted by Gasteiger charge is -2.24. The Bertz CT molecular complexity index is 810. The summed E-state index contributed by atoms with van der Waals surface area (Å²) >= 11 is 5.73. The van der Waals surface area contributed by atoms with Crippen molar-refractivity contribution in [1.82, 2.24) is 0 Å². The van der Waals surface area contributed by atoms with Gasteiger partial charge in [-0.15, -0.1) is 0 Å². The maximum Gasteiger partial charge on any atom is 0.247 e. The Balaban J connectivity index is 1.80. The number of carbonyl (C=O) groups excluding carboxylic acids is 2. The Morgan fingerprint density at radius 2 is 2.00 bits per heavy atom. The third-order valence-electron chi connectivity index (χ3n) is 4.05. The summed E-state index contributed by atoms with van der Waals surface area (Å²) in [5.41, 5.74) is 1.01. The number of nitrogens with zero attached hydrogens (tertiary/aromatic N) is 1. The van der Waals surface area contributed by atoms with E-state index in [9.17, 15) is 14.0 Å². The van der Waals surface area contributed by atoms with E-state index in [1.807, 2.05) is 0 Å². The number of nitrogens with one attached hydrogen (secondary N) is 1. The maximum atomic E-state index is 13.2. The number of carbonyl (C=O) groups is 2. The third-order valence-corrected chi connectivity index (χ3v) is 4.34. The number of anilines is 2. The van der Waals surface area contributed by atoms with E-state index in [-0.39, 0.29) is 23.3 Å². The van der Waals surface area contributed by atoms with Crippen molar-refractivity contribution in [3.05, 3.63) is 53.3 Å². The van der Waals surface area contributed by atoms with E-state index in [1.165, 1.54) is 23.1 Å². The van der Waals surface area contributed by atoms with Gasteiger partial charge in [-0.3, -0.25) is 14.5 Å². The van der Waals surface area contributed by atoms with E-state index in [4.69, 9.17) is 16.3 Å². The third kappa shape index (κ3) is 3.58. The highest BCUT2D eigenvalue weighted by Gasteiger charge is 2.37. The quantitative estimate of drug-likeness (QED) is 0.903. The molecule has 0 saturated carbocycles. The van der Waals surface area contributed by atoms with Crippen molar-refractivity contribution in [2.75, 3.05) is 17.3 Å². The van der Waals surface area contributed by atoms with Crippen molar-refractivity contribution in [2.24, 2.45) is 0 Å². The van der Waals surface area contributed by atoms with Crippen LogP contribution < -0.4 is 15.0 Å². The molecular formula is C18H16ClFN2O3. The van der Waals surface area contributed by atoms with Crippen LogP contribution in [0.15, 0.2) is 42.5 Å². The van der Waals surface area contributed by atoms with Gasteiger partial charge in [0.15, 0.2) is 0 Å². The average molecular weight is 363 g/mol. The second kappa shape index (κ2) is 7.11. The Morgan fingerprint density at radius 1 is 1.28 bits per heavy atom. The summed E-state index contributed by atoms with van der Waals surface area (Å²) in [6, 6.07) is 10.2. The molecule has 1 aliphatic heterocycles. The molecule has 1 aliphatic rings. The summed E-state index contributed by atoms with van der Waals surface area (Å²) in [5, 5.41) is 2.61. The molecule has 1 heterocycles. The summed E-state index contributed by atoms with van der Waals surface area (Å²) in [5.74, 6) is -0.361. The summed E-state index contributed by atoms with van der Waals surface area (Å²) in [6.45, 7) is 0. The minimum atomic E-state index is -0.635. The first-order valence-corrected chi connectivity index (χ1v) is 8.09. The zero-order chi connectivity index (χ0) is 18.0. The summed E-state index contributed by atoms with van der Waals surface area (Å²) in [7, 11) is 1.56. The molecule has 1 unspecified atom stereocenters. The largest absolute Gasteiger partial charge is 0.497 e. The highest BCUT2D eigenvalue weighted by Crippen LogP contribution is 2.29. The fourth-order valence-electron chi connectivity index (χ4n) is 2.80. The molecule has 0 bridgehead atoms.